The summed E-state index contributed by atoms with van der Waals surface area (Å²) in [6, 6.07) is 18.0. The summed E-state index contributed by atoms with van der Waals surface area (Å²) in [5.74, 6) is 0.386. The van der Waals surface area contributed by atoms with Crippen LogP contribution in [-0.4, -0.2) is 28.8 Å². The van der Waals surface area contributed by atoms with Crippen molar-refractivity contribution in [3.63, 3.8) is 0 Å². The molecule has 3 rings (SSSR count). The molecule has 0 aliphatic rings. The van der Waals surface area contributed by atoms with E-state index in [1.165, 1.54) is 16.3 Å². The van der Waals surface area contributed by atoms with Gasteiger partial charge in [-0.05, 0) is 42.3 Å². The van der Waals surface area contributed by atoms with Crippen LogP contribution >= 0.6 is 11.6 Å². The molecule has 0 bridgehead atoms. The van der Waals surface area contributed by atoms with Gasteiger partial charge in [0.2, 0.25) is 0 Å². The zero-order valence-electron chi connectivity index (χ0n) is 16.1. The van der Waals surface area contributed by atoms with Crippen LogP contribution in [0.3, 0.4) is 0 Å². The molecule has 150 valence electrons. The van der Waals surface area contributed by atoms with Crippen molar-refractivity contribution in [2.45, 2.75) is 19.9 Å². The van der Waals surface area contributed by atoms with Crippen LogP contribution in [0.5, 0.6) is 5.75 Å². The van der Waals surface area contributed by atoms with E-state index in [-0.39, 0.29) is 31.2 Å². The SMILES string of the molecule is CCc1ccc(OCC(=O)NCCn2nc(-c3ccc(Cl)cc3)ccc2=O)cc1. The molecule has 0 spiro atoms. The van der Waals surface area contributed by atoms with E-state index in [9.17, 15) is 9.59 Å². The highest BCUT2D eigenvalue weighted by Gasteiger charge is 2.06. The zero-order chi connectivity index (χ0) is 20.6. The number of aryl methyl sites for hydroxylation is 1. The number of hydrogen-bond acceptors (Lipinski definition) is 4. The summed E-state index contributed by atoms with van der Waals surface area (Å²) in [4.78, 5) is 24.0. The molecule has 1 amide bonds. The van der Waals surface area contributed by atoms with Crippen molar-refractivity contribution < 1.29 is 9.53 Å². The van der Waals surface area contributed by atoms with Crippen LogP contribution in [0.2, 0.25) is 5.02 Å². The minimum atomic E-state index is -0.258. The number of hydrogen-bond donors (Lipinski definition) is 1. The van der Waals surface area contributed by atoms with Gasteiger partial charge in [-0.3, -0.25) is 9.59 Å². The Hall–Kier alpha value is -3.12. The summed E-state index contributed by atoms with van der Waals surface area (Å²) in [6.45, 7) is 2.53. The van der Waals surface area contributed by atoms with E-state index in [1.54, 1.807) is 18.2 Å². The van der Waals surface area contributed by atoms with E-state index in [4.69, 9.17) is 16.3 Å². The molecule has 7 heteroatoms. The van der Waals surface area contributed by atoms with E-state index < -0.39 is 0 Å². The minimum Gasteiger partial charge on any atom is -0.484 e. The van der Waals surface area contributed by atoms with Crippen molar-refractivity contribution in [1.82, 2.24) is 15.1 Å². The van der Waals surface area contributed by atoms with Gasteiger partial charge in [0.15, 0.2) is 6.61 Å². The maximum absolute atomic E-state index is 12.0. The Morgan fingerprint density at radius 2 is 1.79 bits per heavy atom. The molecule has 0 fully saturated rings. The zero-order valence-corrected chi connectivity index (χ0v) is 16.9. The van der Waals surface area contributed by atoms with Gasteiger partial charge in [-0.1, -0.05) is 42.8 Å². The second-order valence-corrected chi connectivity index (χ2v) is 6.86. The summed E-state index contributed by atoms with van der Waals surface area (Å²) in [5, 5.41) is 7.73. The van der Waals surface area contributed by atoms with Gasteiger partial charge >= 0.3 is 0 Å². The van der Waals surface area contributed by atoms with E-state index >= 15 is 0 Å². The van der Waals surface area contributed by atoms with Crippen LogP contribution in [0, 0.1) is 0 Å². The topological polar surface area (TPSA) is 73.2 Å². The monoisotopic (exact) mass is 411 g/mol. The van der Waals surface area contributed by atoms with Crippen molar-refractivity contribution >= 4 is 17.5 Å². The van der Waals surface area contributed by atoms with Crippen molar-refractivity contribution in [3.8, 4) is 17.0 Å². The molecular weight excluding hydrogens is 390 g/mol. The van der Waals surface area contributed by atoms with Gasteiger partial charge < -0.3 is 10.1 Å². The standard InChI is InChI=1S/C22H22ClN3O3/c1-2-16-3-9-19(10-4-16)29-15-21(27)24-13-14-26-22(28)12-11-20(25-26)17-5-7-18(23)8-6-17/h3-12H,2,13-15H2,1H3,(H,24,27). The lowest BCUT2D eigenvalue weighted by Gasteiger charge is -2.10. The highest BCUT2D eigenvalue weighted by molar-refractivity contribution is 6.30. The molecule has 1 N–H and O–H groups in total. The van der Waals surface area contributed by atoms with Gasteiger partial charge in [-0.2, -0.15) is 5.10 Å². The van der Waals surface area contributed by atoms with E-state index in [1.807, 2.05) is 36.4 Å². The average molecular weight is 412 g/mol. The molecule has 0 aliphatic carbocycles. The lowest BCUT2D eigenvalue weighted by Crippen LogP contribution is -2.34. The number of amides is 1. The predicted octanol–water partition coefficient (Wildman–Crippen LogP) is 3.32. The molecular formula is C22H22ClN3O3. The van der Waals surface area contributed by atoms with E-state index in [0.717, 1.165) is 12.0 Å². The van der Waals surface area contributed by atoms with Crippen LogP contribution in [0.15, 0.2) is 65.5 Å². The van der Waals surface area contributed by atoms with Crippen LogP contribution < -0.4 is 15.6 Å². The van der Waals surface area contributed by atoms with Gasteiger partial charge in [0, 0.05) is 23.2 Å². The number of rotatable bonds is 8. The molecule has 2 aromatic carbocycles. The van der Waals surface area contributed by atoms with Gasteiger partial charge in [0.05, 0.1) is 12.2 Å². The Balaban J connectivity index is 1.51. The number of nitrogens with zero attached hydrogens (tertiary/aromatic N) is 2. The first-order chi connectivity index (χ1) is 14.0. The third-order valence-electron chi connectivity index (χ3n) is 4.35. The highest BCUT2D eigenvalue weighted by atomic mass is 35.5. The molecule has 0 aliphatic heterocycles. The van der Waals surface area contributed by atoms with E-state index in [0.29, 0.717) is 16.5 Å². The molecule has 6 nitrogen and oxygen atoms in total. The summed E-state index contributed by atoms with van der Waals surface area (Å²) in [6.07, 6.45) is 0.952. The van der Waals surface area contributed by atoms with Crippen LogP contribution in [0.25, 0.3) is 11.3 Å². The number of carbonyl (C=O) groups excluding carboxylic acids is 1. The third kappa shape index (κ3) is 5.93. The first kappa shape index (κ1) is 20.6. The first-order valence-corrected chi connectivity index (χ1v) is 9.75. The summed E-state index contributed by atoms with van der Waals surface area (Å²) >= 11 is 5.91. The number of aromatic nitrogens is 2. The lowest BCUT2D eigenvalue weighted by molar-refractivity contribution is -0.123. The molecule has 1 aromatic heterocycles. The normalized spacial score (nSPS) is 10.6. The van der Waals surface area contributed by atoms with Crippen molar-refractivity contribution in [2.24, 2.45) is 0 Å². The maximum Gasteiger partial charge on any atom is 0.266 e. The molecule has 29 heavy (non-hydrogen) atoms. The average Bonchev–Trinajstić information content (AvgIpc) is 2.74. The Morgan fingerprint density at radius 3 is 2.48 bits per heavy atom. The quantitative estimate of drug-likeness (QED) is 0.617. The number of halogens is 1. The van der Waals surface area contributed by atoms with Gasteiger partial charge in [0.1, 0.15) is 5.75 Å². The lowest BCUT2D eigenvalue weighted by atomic mass is 10.1. The first-order valence-electron chi connectivity index (χ1n) is 9.37. The highest BCUT2D eigenvalue weighted by Crippen LogP contribution is 2.18. The smallest absolute Gasteiger partial charge is 0.266 e. The Kier molecular flexibility index (Phi) is 7.03. The third-order valence-corrected chi connectivity index (χ3v) is 4.61. The second kappa shape index (κ2) is 9.89. The van der Waals surface area contributed by atoms with Crippen molar-refractivity contribution in [1.29, 1.82) is 0 Å². The molecule has 0 unspecified atom stereocenters. The molecule has 0 atom stereocenters. The van der Waals surface area contributed by atoms with Crippen LogP contribution in [0.1, 0.15) is 12.5 Å². The van der Waals surface area contributed by atoms with Gasteiger partial charge in [-0.25, -0.2) is 4.68 Å². The molecule has 0 saturated carbocycles. The second-order valence-electron chi connectivity index (χ2n) is 6.42. The maximum atomic E-state index is 12.0. The molecule has 0 radical (unpaired) electrons. The van der Waals surface area contributed by atoms with Crippen LogP contribution in [0.4, 0.5) is 0 Å². The summed E-state index contributed by atoms with van der Waals surface area (Å²) < 4.78 is 6.80. The summed E-state index contributed by atoms with van der Waals surface area (Å²) in [7, 11) is 0. The fourth-order valence-corrected chi connectivity index (χ4v) is 2.83. The fraction of sp³-hybridized carbons (Fsp3) is 0.227. The van der Waals surface area contributed by atoms with Crippen molar-refractivity contribution in [2.75, 3.05) is 13.2 Å². The Morgan fingerprint density at radius 1 is 1.07 bits per heavy atom. The Bertz CT molecular complexity index is 1010. The number of ether oxygens (including phenoxy) is 1. The van der Waals surface area contributed by atoms with E-state index in [2.05, 4.69) is 17.3 Å². The fourth-order valence-electron chi connectivity index (χ4n) is 2.71. The Labute approximate surface area is 174 Å². The number of carbonyl (C=O) groups is 1. The van der Waals surface area contributed by atoms with Gasteiger partial charge in [-0.15, -0.1) is 0 Å². The molecule has 1 heterocycles. The van der Waals surface area contributed by atoms with Crippen molar-refractivity contribution in [3.05, 3.63) is 81.6 Å². The predicted molar refractivity (Wildman–Crippen MR) is 113 cm³/mol. The molecule has 3 aromatic rings. The number of nitrogens with one attached hydrogen (secondary N) is 1. The molecule has 0 saturated heterocycles. The number of benzene rings is 2. The van der Waals surface area contributed by atoms with Gasteiger partial charge in [0.25, 0.3) is 11.5 Å². The minimum absolute atomic E-state index is 0.0847. The summed E-state index contributed by atoms with van der Waals surface area (Å²) in [5.41, 5.74) is 2.49. The van der Waals surface area contributed by atoms with Crippen LogP contribution in [-0.2, 0) is 17.8 Å². The largest absolute Gasteiger partial charge is 0.484 e.